The van der Waals surface area contributed by atoms with Crippen molar-refractivity contribution in [3.63, 3.8) is 0 Å². The van der Waals surface area contributed by atoms with Crippen LogP contribution in [0.2, 0.25) is 0 Å². The third-order valence-corrected chi connectivity index (χ3v) is 15.4. The van der Waals surface area contributed by atoms with Gasteiger partial charge in [0, 0.05) is 13.0 Å². The van der Waals surface area contributed by atoms with Gasteiger partial charge in [-0.05, 0) is 44.9 Å². The normalized spacial score (nSPS) is 18.6. The van der Waals surface area contributed by atoms with E-state index in [4.69, 9.17) is 18.9 Å². The summed E-state index contributed by atoms with van der Waals surface area (Å²) in [6, 6.07) is 0. The van der Waals surface area contributed by atoms with Crippen molar-refractivity contribution in [2.45, 2.75) is 359 Å². The summed E-state index contributed by atoms with van der Waals surface area (Å²) in [7, 11) is 0. The Morgan fingerprint density at radius 3 is 1.16 bits per heavy atom. The van der Waals surface area contributed by atoms with Crippen molar-refractivity contribution in [2.75, 3.05) is 26.4 Å². The van der Waals surface area contributed by atoms with Crippen molar-refractivity contribution in [1.29, 1.82) is 0 Å². The van der Waals surface area contributed by atoms with Crippen LogP contribution in [0.4, 0.5) is 0 Å². The predicted octanol–water partition coefficient (Wildman–Crippen LogP) is 17.6. The van der Waals surface area contributed by atoms with Gasteiger partial charge in [-0.3, -0.25) is 4.79 Å². The summed E-state index contributed by atoms with van der Waals surface area (Å²) >= 11 is 0. The average Bonchev–Trinajstić information content (AvgIpc) is 3.40. The number of hydrogen-bond donors (Lipinski definition) is 4. The van der Waals surface area contributed by atoms with Crippen molar-refractivity contribution in [1.82, 2.24) is 0 Å². The highest BCUT2D eigenvalue weighted by molar-refractivity contribution is 5.69. The molecule has 1 fully saturated rings. The van der Waals surface area contributed by atoms with Gasteiger partial charge in [0.25, 0.3) is 0 Å². The van der Waals surface area contributed by atoms with Crippen LogP contribution in [0.15, 0.2) is 24.3 Å². The van der Waals surface area contributed by atoms with Gasteiger partial charge in [-0.15, -0.1) is 0 Å². The monoisotopic (exact) mass is 1050 g/mol. The first kappa shape index (κ1) is 70.7. The summed E-state index contributed by atoms with van der Waals surface area (Å²) in [5.41, 5.74) is 0. The number of aliphatic hydroxyl groups excluding tert-OH is 4. The molecule has 6 atom stereocenters. The van der Waals surface area contributed by atoms with Crippen LogP contribution >= 0.6 is 0 Å². The molecule has 6 unspecified atom stereocenters. The smallest absolute Gasteiger partial charge is 0.306 e. The molecule has 438 valence electrons. The van der Waals surface area contributed by atoms with E-state index in [2.05, 4.69) is 38.2 Å². The molecule has 0 aliphatic carbocycles. The van der Waals surface area contributed by atoms with Crippen molar-refractivity contribution in [3.8, 4) is 0 Å². The number of carbonyl (C=O) groups excluding carboxylic acids is 1. The Balaban J connectivity index is 2.09. The second kappa shape index (κ2) is 56.4. The fourth-order valence-corrected chi connectivity index (χ4v) is 10.4. The van der Waals surface area contributed by atoms with Crippen LogP contribution in [-0.2, 0) is 23.7 Å². The van der Waals surface area contributed by atoms with Gasteiger partial charge in [0.2, 0.25) is 0 Å². The molecule has 0 aromatic rings. The summed E-state index contributed by atoms with van der Waals surface area (Å²) < 4.78 is 23.0. The number of ether oxygens (including phenoxy) is 4. The van der Waals surface area contributed by atoms with E-state index < -0.39 is 43.4 Å². The number of carbonyl (C=O) groups is 1. The number of allylic oxidation sites excluding steroid dienone is 4. The summed E-state index contributed by atoms with van der Waals surface area (Å²) in [6.45, 7) is 4.63. The van der Waals surface area contributed by atoms with Crippen LogP contribution in [0, 0.1) is 0 Å². The van der Waals surface area contributed by atoms with Gasteiger partial charge >= 0.3 is 5.97 Å². The van der Waals surface area contributed by atoms with Crippen molar-refractivity contribution >= 4 is 5.97 Å². The highest BCUT2D eigenvalue weighted by Gasteiger charge is 2.44. The minimum atomic E-state index is -1.54. The number of rotatable bonds is 58. The zero-order valence-electron chi connectivity index (χ0n) is 48.9. The third-order valence-electron chi connectivity index (χ3n) is 15.4. The van der Waals surface area contributed by atoms with E-state index in [0.29, 0.717) is 13.0 Å². The summed E-state index contributed by atoms with van der Waals surface area (Å²) in [5.74, 6) is -0.306. The van der Waals surface area contributed by atoms with Gasteiger partial charge in [0.05, 0.1) is 19.8 Å². The van der Waals surface area contributed by atoms with Crippen molar-refractivity contribution in [2.24, 2.45) is 0 Å². The number of unbranched alkanes of at least 4 members (excludes halogenated alkanes) is 43. The van der Waals surface area contributed by atoms with Gasteiger partial charge in [0.1, 0.15) is 30.5 Å². The second-order valence-electron chi connectivity index (χ2n) is 22.6. The maximum absolute atomic E-state index is 12.9. The largest absolute Gasteiger partial charge is 0.457 e. The molecule has 1 aliphatic rings. The summed E-state index contributed by atoms with van der Waals surface area (Å²) in [5, 5.41) is 40.4. The average molecular weight is 1050 g/mol. The van der Waals surface area contributed by atoms with Crippen LogP contribution in [-0.4, -0.2) is 89.6 Å². The predicted molar refractivity (Wildman–Crippen MR) is 312 cm³/mol. The molecule has 4 N–H and O–H groups in total. The van der Waals surface area contributed by atoms with E-state index in [1.54, 1.807) is 0 Å². The Hall–Kier alpha value is -1.33. The lowest BCUT2D eigenvalue weighted by molar-refractivity contribution is -0.305. The summed E-state index contributed by atoms with van der Waals surface area (Å²) in [6.07, 6.45) is 63.9. The fourth-order valence-electron chi connectivity index (χ4n) is 10.4. The number of esters is 1. The molecular formula is C65H124O9. The van der Waals surface area contributed by atoms with E-state index >= 15 is 0 Å². The van der Waals surface area contributed by atoms with E-state index in [0.717, 1.165) is 38.5 Å². The fraction of sp³-hybridized carbons (Fsp3) is 0.923. The molecule has 0 bridgehead atoms. The molecule has 1 heterocycles. The first-order valence-electron chi connectivity index (χ1n) is 32.4. The Kier molecular flexibility index (Phi) is 53.9. The van der Waals surface area contributed by atoms with Crippen molar-refractivity contribution in [3.05, 3.63) is 24.3 Å². The van der Waals surface area contributed by atoms with Crippen molar-refractivity contribution < 1.29 is 44.2 Å². The zero-order valence-corrected chi connectivity index (χ0v) is 48.9. The molecule has 0 saturated carbocycles. The topological polar surface area (TPSA) is 135 Å². The van der Waals surface area contributed by atoms with Crippen LogP contribution in [0.5, 0.6) is 0 Å². The lowest BCUT2D eigenvalue weighted by Crippen LogP contribution is -2.59. The first-order valence-corrected chi connectivity index (χ1v) is 32.4. The molecule has 1 saturated heterocycles. The molecule has 1 aliphatic heterocycles. The third kappa shape index (κ3) is 45.7. The van der Waals surface area contributed by atoms with Crippen LogP contribution in [0.3, 0.4) is 0 Å². The van der Waals surface area contributed by atoms with Gasteiger partial charge in [0.15, 0.2) is 6.29 Å². The molecule has 0 aromatic heterocycles. The van der Waals surface area contributed by atoms with Gasteiger partial charge < -0.3 is 39.4 Å². The van der Waals surface area contributed by atoms with Gasteiger partial charge in [-0.1, -0.05) is 295 Å². The molecule has 0 spiro atoms. The SMILES string of the molecule is CCCCCCC/C=C\C/C=C\CCCCCCCCCCCCCCCC(=O)OC(COCCCCCCCCCCCCCCCCCCCCCCCCCCCC)COC1OC(CO)C(O)C(O)C1O. The minimum Gasteiger partial charge on any atom is -0.457 e. The van der Waals surface area contributed by atoms with Crippen LogP contribution < -0.4 is 0 Å². The molecule has 9 heteroatoms. The standard InChI is InChI=1S/C65H124O9/c1-3-5-7-9-11-13-15-17-19-21-23-25-27-29-31-33-35-37-39-41-43-45-47-49-51-53-55-71-57-59(58-72-65-64(70)63(69)62(68)60(56-66)74-65)73-61(67)54-52-50-48-46-44-42-40-38-36-34-32-30-28-26-24-22-20-18-16-14-12-10-8-6-4-2/h16,18,22,24,59-60,62-66,68-70H,3-15,17,19-21,23,25-58H2,1-2H3/b18-16-,24-22-. The molecule has 74 heavy (non-hydrogen) atoms. The number of aliphatic hydroxyl groups is 4. The molecule has 0 amide bonds. The Labute approximate surface area is 458 Å². The van der Waals surface area contributed by atoms with Crippen LogP contribution in [0.25, 0.3) is 0 Å². The highest BCUT2D eigenvalue weighted by Crippen LogP contribution is 2.23. The first-order chi connectivity index (χ1) is 36.4. The van der Waals surface area contributed by atoms with E-state index in [1.807, 2.05) is 0 Å². The van der Waals surface area contributed by atoms with E-state index in [-0.39, 0.29) is 19.2 Å². The quantitative estimate of drug-likeness (QED) is 0.0267. The molecule has 0 radical (unpaired) electrons. The molecule has 9 nitrogen and oxygen atoms in total. The minimum absolute atomic E-state index is 0.108. The van der Waals surface area contributed by atoms with Gasteiger partial charge in [-0.25, -0.2) is 0 Å². The van der Waals surface area contributed by atoms with Gasteiger partial charge in [-0.2, -0.15) is 0 Å². The Morgan fingerprint density at radius 1 is 0.432 bits per heavy atom. The second-order valence-corrected chi connectivity index (χ2v) is 22.6. The molecule has 0 aromatic carbocycles. The van der Waals surface area contributed by atoms with E-state index in [1.165, 1.54) is 263 Å². The van der Waals surface area contributed by atoms with E-state index in [9.17, 15) is 25.2 Å². The molecule has 1 rings (SSSR count). The Morgan fingerprint density at radius 2 is 0.784 bits per heavy atom. The molecular weight excluding hydrogens is 925 g/mol. The summed E-state index contributed by atoms with van der Waals surface area (Å²) in [4.78, 5) is 12.9. The maximum atomic E-state index is 12.9. The number of hydrogen-bond acceptors (Lipinski definition) is 9. The zero-order chi connectivity index (χ0) is 53.5. The highest BCUT2D eigenvalue weighted by atomic mass is 16.7. The maximum Gasteiger partial charge on any atom is 0.306 e. The lowest BCUT2D eigenvalue weighted by Gasteiger charge is -2.39. The Bertz CT molecular complexity index is 1190. The van der Waals surface area contributed by atoms with Crippen LogP contribution in [0.1, 0.15) is 322 Å². The lowest BCUT2D eigenvalue weighted by atomic mass is 9.99.